The van der Waals surface area contributed by atoms with Crippen LogP contribution in [0.3, 0.4) is 0 Å². The van der Waals surface area contributed by atoms with Crippen molar-refractivity contribution in [1.29, 1.82) is 0 Å². The fraction of sp³-hybridized carbons (Fsp3) is 0.333. The molecule has 0 saturated carbocycles. The van der Waals surface area contributed by atoms with Gasteiger partial charge in [0.05, 0.1) is 6.61 Å². The van der Waals surface area contributed by atoms with E-state index in [2.05, 4.69) is 59.5 Å². The number of benzene rings is 2. The van der Waals surface area contributed by atoms with Gasteiger partial charge in [-0.1, -0.05) is 48.5 Å². The normalized spacial score (nSPS) is 23.6. The number of para-hydroxylation sites is 1. The maximum absolute atomic E-state index is 5.91. The Morgan fingerprint density at radius 1 is 0.952 bits per heavy atom. The Hall–Kier alpha value is -1.51. The molecule has 2 aromatic carbocycles. The molecular formula is C18H20ClNO. The van der Waals surface area contributed by atoms with Crippen molar-refractivity contribution in [3.8, 4) is 5.75 Å². The zero-order chi connectivity index (χ0) is 13.4. The summed E-state index contributed by atoms with van der Waals surface area (Å²) in [4.78, 5) is 2.57. The number of likely N-dealkylation sites (tertiary alicyclic amines) is 1. The van der Waals surface area contributed by atoms with Gasteiger partial charge in [0.1, 0.15) is 5.75 Å². The maximum Gasteiger partial charge on any atom is 0.122 e. The number of nitrogens with zero attached hydrogens (tertiary/aromatic N) is 1. The lowest BCUT2D eigenvalue weighted by Crippen LogP contribution is -2.24. The van der Waals surface area contributed by atoms with E-state index < -0.39 is 0 Å². The summed E-state index contributed by atoms with van der Waals surface area (Å²) < 4.78 is 5.91. The average Bonchev–Trinajstić information content (AvgIpc) is 2.91. The lowest BCUT2D eigenvalue weighted by atomic mass is 9.87. The molecule has 3 heteroatoms. The Labute approximate surface area is 132 Å². The Bertz CT molecular complexity index is 601. The van der Waals surface area contributed by atoms with Crippen molar-refractivity contribution in [3.05, 3.63) is 65.7 Å². The van der Waals surface area contributed by atoms with Crippen LogP contribution in [0.15, 0.2) is 54.6 Å². The van der Waals surface area contributed by atoms with Crippen molar-refractivity contribution in [2.45, 2.75) is 12.5 Å². The predicted octanol–water partition coefficient (Wildman–Crippen LogP) is 3.72. The summed E-state index contributed by atoms with van der Waals surface area (Å²) in [7, 11) is 0. The molecule has 21 heavy (non-hydrogen) atoms. The van der Waals surface area contributed by atoms with Crippen molar-refractivity contribution in [3.63, 3.8) is 0 Å². The third kappa shape index (κ3) is 2.78. The number of rotatable bonds is 2. The van der Waals surface area contributed by atoms with Crippen LogP contribution in [0, 0.1) is 5.92 Å². The standard InChI is InChI=1S/C18H19NO.ClH/c1-2-6-14(7-3-1)10-19-11-15-13-20-18-9-5-4-8-16(18)17(15)12-19;/h1-9,15,17H,10-13H2;1H/t15-,17-;/m1./s1. The Balaban J connectivity index is 0.00000132. The van der Waals surface area contributed by atoms with E-state index in [1.54, 1.807) is 0 Å². The SMILES string of the molecule is Cl.c1ccc(CN2C[C@@H]3COc4ccccc4[C@@H]3C2)cc1. The quantitative estimate of drug-likeness (QED) is 0.838. The van der Waals surface area contributed by atoms with E-state index >= 15 is 0 Å². The molecule has 4 rings (SSSR count). The van der Waals surface area contributed by atoms with Crippen LogP contribution in [0.5, 0.6) is 5.75 Å². The number of ether oxygens (including phenoxy) is 1. The van der Waals surface area contributed by atoms with Crippen LogP contribution in [0.4, 0.5) is 0 Å². The summed E-state index contributed by atoms with van der Waals surface area (Å²) in [6.45, 7) is 4.22. The first-order chi connectivity index (χ1) is 9.90. The molecule has 0 spiro atoms. The van der Waals surface area contributed by atoms with Gasteiger partial charge in [-0.15, -0.1) is 12.4 Å². The summed E-state index contributed by atoms with van der Waals surface area (Å²) in [6.07, 6.45) is 0. The molecule has 110 valence electrons. The molecule has 2 aliphatic heterocycles. The molecule has 1 saturated heterocycles. The number of hydrogen-bond donors (Lipinski definition) is 0. The Morgan fingerprint density at radius 3 is 2.57 bits per heavy atom. The second-order valence-corrected chi connectivity index (χ2v) is 5.90. The van der Waals surface area contributed by atoms with Gasteiger partial charge in [0.25, 0.3) is 0 Å². The second kappa shape index (κ2) is 6.08. The fourth-order valence-corrected chi connectivity index (χ4v) is 3.57. The molecule has 0 radical (unpaired) electrons. The van der Waals surface area contributed by atoms with E-state index in [0.717, 1.165) is 32.0 Å². The fourth-order valence-electron chi connectivity index (χ4n) is 3.57. The molecular weight excluding hydrogens is 282 g/mol. The first kappa shape index (κ1) is 14.4. The van der Waals surface area contributed by atoms with E-state index in [1.807, 2.05) is 0 Å². The lowest BCUT2D eigenvalue weighted by Gasteiger charge is -2.27. The minimum atomic E-state index is 0. The van der Waals surface area contributed by atoms with E-state index in [1.165, 1.54) is 11.1 Å². The van der Waals surface area contributed by atoms with Crippen LogP contribution in [0.2, 0.25) is 0 Å². The van der Waals surface area contributed by atoms with Gasteiger partial charge in [0.2, 0.25) is 0 Å². The lowest BCUT2D eigenvalue weighted by molar-refractivity contribution is 0.212. The third-order valence-electron chi connectivity index (χ3n) is 4.54. The van der Waals surface area contributed by atoms with Crippen LogP contribution in [0.25, 0.3) is 0 Å². The highest BCUT2D eigenvalue weighted by atomic mass is 35.5. The zero-order valence-electron chi connectivity index (χ0n) is 11.9. The van der Waals surface area contributed by atoms with Crippen molar-refractivity contribution >= 4 is 12.4 Å². The van der Waals surface area contributed by atoms with Gasteiger partial charge >= 0.3 is 0 Å². The molecule has 2 aliphatic rings. The van der Waals surface area contributed by atoms with Crippen molar-refractivity contribution in [2.75, 3.05) is 19.7 Å². The van der Waals surface area contributed by atoms with E-state index in [9.17, 15) is 0 Å². The van der Waals surface area contributed by atoms with Gasteiger partial charge in [-0.2, -0.15) is 0 Å². The topological polar surface area (TPSA) is 12.5 Å². The van der Waals surface area contributed by atoms with Crippen LogP contribution in [0.1, 0.15) is 17.0 Å². The van der Waals surface area contributed by atoms with E-state index in [0.29, 0.717) is 11.8 Å². The van der Waals surface area contributed by atoms with Crippen LogP contribution in [-0.2, 0) is 6.54 Å². The molecule has 2 aromatic rings. The van der Waals surface area contributed by atoms with Crippen molar-refractivity contribution in [2.24, 2.45) is 5.92 Å². The molecule has 0 aromatic heterocycles. The highest BCUT2D eigenvalue weighted by molar-refractivity contribution is 5.85. The monoisotopic (exact) mass is 301 g/mol. The maximum atomic E-state index is 5.91. The Kier molecular flexibility index (Phi) is 4.18. The minimum absolute atomic E-state index is 0. The minimum Gasteiger partial charge on any atom is -0.493 e. The van der Waals surface area contributed by atoms with Gasteiger partial charge < -0.3 is 4.74 Å². The first-order valence-electron chi connectivity index (χ1n) is 7.38. The van der Waals surface area contributed by atoms with Gasteiger partial charge in [-0.05, 0) is 17.2 Å². The average molecular weight is 302 g/mol. The zero-order valence-corrected chi connectivity index (χ0v) is 12.8. The second-order valence-electron chi connectivity index (χ2n) is 5.90. The number of fused-ring (bicyclic) bond motifs is 3. The summed E-state index contributed by atoms with van der Waals surface area (Å²) >= 11 is 0. The summed E-state index contributed by atoms with van der Waals surface area (Å²) in [5, 5.41) is 0. The largest absolute Gasteiger partial charge is 0.493 e. The van der Waals surface area contributed by atoms with Crippen molar-refractivity contribution < 1.29 is 4.74 Å². The highest BCUT2D eigenvalue weighted by Gasteiger charge is 2.38. The number of hydrogen-bond acceptors (Lipinski definition) is 2. The van der Waals surface area contributed by atoms with E-state index in [4.69, 9.17) is 4.74 Å². The van der Waals surface area contributed by atoms with Crippen molar-refractivity contribution in [1.82, 2.24) is 4.90 Å². The molecule has 0 unspecified atom stereocenters. The van der Waals surface area contributed by atoms with Gasteiger partial charge in [-0.25, -0.2) is 0 Å². The molecule has 0 amide bonds. The number of halogens is 1. The highest BCUT2D eigenvalue weighted by Crippen LogP contribution is 2.41. The van der Waals surface area contributed by atoms with Crippen LogP contribution < -0.4 is 4.74 Å². The molecule has 2 atom stereocenters. The summed E-state index contributed by atoms with van der Waals surface area (Å²) in [6, 6.07) is 19.3. The third-order valence-corrected chi connectivity index (χ3v) is 4.54. The molecule has 0 aliphatic carbocycles. The smallest absolute Gasteiger partial charge is 0.122 e. The Morgan fingerprint density at radius 2 is 1.71 bits per heavy atom. The van der Waals surface area contributed by atoms with Gasteiger partial charge in [0, 0.05) is 31.5 Å². The predicted molar refractivity (Wildman–Crippen MR) is 87.1 cm³/mol. The van der Waals surface area contributed by atoms with Gasteiger partial charge in [0.15, 0.2) is 0 Å². The molecule has 0 N–H and O–H groups in total. The van der Waals surface area contributed by atoms with Crippen LogP contribution in [-0.4, -0.2) is 24.6 Å². The molecule has 0 bridgehead atoms. The molecule has 1 fully saturated rings. The first-order valence-corrected chi connectivity index (χ1v) is 7.38. The summed E-state index contributed by atoms with van der Waals surface area (Å²) in [5.41, 5.74) is 2.81. The summed E-state index contributed by atoms with van der Waals surface area (Å²) in [5.74, 6) is 2.38. The van der Waals surface area contributed by atoms with E-state index in [-0.39, 0.29) is 12.4 Å². The molecule has 2 nitrogen and oxygen atoms in total. The van der Waals surface area contributed by atoms with Crippen LogP contribution >= 0.6 is 12.4 Å². The van der Waals surface area contributed by atoms with Gasteiger partial charge in [-0.3, -0.25) is 4.90 Å². The molecule has 2 heterocycles.